The molecule has 0 unspecified atom stereocenters. The molecule has 0 amide bonds. The van der Waals surface area contributed by atoms with E-state index in [2.05, 4.69) is 33.0 Å². The molecule has 4 rings (SSSR count). The van der Waals surface area contributed by atoms with Crippen LogP contribution in [0.1, 0.15) is 30.5 Å². The first-order valence-corrected chi connectivity index (χ1v) is 9.45. The van der Waals surface area contributed by atoms with Crippen LogP contribution in [0.4, 0.5) is 0 Å². The molecular weight excluding hydrogens is 310 g/mol. The van der Waals surface area contributed by atoms with Crippen LogP contribution in [-0.2, 0) is 13.2 Å². The molecule has 1 saturated heterocycles. The summed E-state index contributed by atoms with van der Waals surface area (Å²) in [5, 5.41) is 0. The summed E-state index contributed by atoms with van der Waals surface area (Å²) in [6.07, 6.45) is 5.91. The van der Waals surface area contributed by atoms with Gasteiger partial charge in [-0.25, -0.2) is 0 Å². The average Bonchev–Trinajstić information content (AvgIpc) is 3.49. The monoisotopic (exact) mass is 337 g/mol. The van der Waals surface area contributed by atoms with Gasteiger partial charge in [0, 0.05) is 31.9 Å². The normalized spacial score (nSPS) is 19.5. The Balaban J connectivity index is 1.31. The van der Waals surface area contributed by atoms with Gasteiger partial charge in [0.15, 0.2) is 0 Å². The van der Waals surface area contributed by atoms with Gasteiger partial charge in [-0.3, -0.25) is 14.8 Å². The fourth-order valence-electron chi connectivity index (χ4n) is 3.59. The molecular formula is C21H27N3O. The summed E-state index contributed by atoms with van der Waals surface area (Å²) >= 11 is 0. The lowest BCUT2D eigenvalue weighted by atomic mass is 10.2. The molecule has 1 saturated carbocycles. The van der Waals surface area contributed by atoms with Gasteiger partial charge in [0.05, 0.1) is 5.69 Å². The Morgan fingerprint density at radius 3 is 2.80 bits per heavy atom. The molecule has 2 fully saturated rings. The number of hydrogen-bond acceptors (Lipinski definition) is 4. The molecule has 0 atom stereocenters. The third kappa shape index (κ3) is 4.80. The molecule has 0 N–H and O–H groups in total. The Hall–Kier alpha value is -1.91. The van der Waals surface area contributed by atoms with Crippen LogP contribution >= 0.6 is 0 Å². The molecule has 1 aliphatic heterocycles. The summed E-state index contributed by atoms with van der Waals surface area (Å²) in [5.74, 6) is 0.928. The van der Waals surface area contributed by atoms with E-state index in [1.54, 1.807) is 6.20 Å². The number of hydrogen-bond donors (Lipinski definition) is 0. The van der Waals surface area contributed by atoms with Gasteiger partial charge >= 0.3 is 0 Å². The topological polar surface area (TPSA) is 28.6 Å². The number of aromatic nitrogens is 1. The number of nitrogens with zero attached hydrogens (tertiary/aromatic N) is 3. The SMILES string of the molecule is c1ccc(COc2cccc(CN3CCCN(C4CC4)CC3)c2)nc1. The molecule has 132 valence electrons. The summed E-state index contributed by atoms with van der Waals surface area (Å²) in [4.78, 5) is 9.58. The van der Waals surface area contributed by atoms with Crippen molar-refractivity contribution < 1.29 is 4.74 Å². The van der Waals surface area contributed by atoms with Crippen molar-refractivity contribution in [1.29, 1.82) is 0 Å². The van der Waals surface area contributed by atoms with Gasteiger partial charge in [-0.15, -0.1) is 0 Å². The minimum atomic E-state index is 0.518. The Kier molecular flexibility index (Phi) is 5.28. The van der Waals surface area contributed by atoms with E-state index in [9.17, 15) is 0 Å². The van der Waals surface area contributed by atoms with Crippen LogP contribution in [0.3, 0.4) is 0 Å². The molecule has 4 heteroatoms. The van der Waals surface area contributed by atoms with Gasteiger partial charge in [0.25, 0.3) is 0 Å². The van der Waals surface area contributed by atoms with Crippen LogP contribution < -0.4 is 4.74 Å². The molecule has 0 radical (unpaired) electrons. The zero-order valence-electron chi connectivity index (χ0n) is 14.8. The second-order valence-corrected chi connectivity index (χ2v) is 7.15. The highest BCUT2D eigenvalue weighted by Gasteiger charge is 2.29. The lowest BCUT2D eigenvalue weighted by Gasteiger charge is -2.21. The fourth-order valence-corrected chi connectivity index (χ4v) is 3.59. The van der Waals surface area contributed by atoms with Crippen molar-refractivity contribution in [3.63, 3.8) is 0 Å². The quantitative estimate of drug-likeness (QED) is 0.808. The van der Waals surface area contributed by atoms with Crippen LogP contribution in [0.5, 0.6) is 5.75 Å². The lowest BCUT2D eigenvalue weighted by Crippen LogP contribution is -2.31. The molecule has 0 spiro atoms. The third-order valence-electron chi connectivity index (χ3n) is 5.10. The van der Waals surface area contributed by atoms with E-state index in [0.29, 0.717) is 6.61 Å². The minimum Gasteiger partial charge on any atom is -0.487 e. The van der Waals surface area contributed by atoms with E-state index in [1.165, 1.54) is 51.0 Å². The molecule has 4 nitrogen and oxygen atoms in total. The van der Waals surface area contributed by atoms with Crippen LogP contribution in [0, 0.1) is 0 Å². The maximum Gasteiger partial charge on any atom is 0.130 e. The van der Waals surface area contributed by atoms with Crippen LogP contribution in [-0.4, -0.2) is 47.0 Å². The predicted molar refractivity (Wildman–Crippen MR) is 99.5 cm³/mol. The Morgan fingerprint density at radius 2 is 1.96 bits per heavy atom. The van der Waals surface area contributed by atoms with Crippen molar-refractivity contribution >= 4 is 0 Å². The lowest BCUT2D eigenvalue weighted by molar-refractivity contribution is 0.245. The largest absolute Gasteiger partial charge is 0.487 e. The molecule has 2 heterocycles. The van der Waals surface area contributed by atoms with Crippen molar-refractivity contribution in [2.24, 2.45) is 0 Å². The van der Waals surface area contributed by atoms with E-state index in [4.69, 9.17) is 4.74 Å². The number of benzene rings is 1. The van der Waals surface area contributed by atoms with Crippen molar-refractivity contribution in [2.45, 2.75) is 38.5 Å². The molecule has 0 bridgehead atoms. The van der Waals surface area contributed by atoms with Gasteiger partial charge in [0.2, 0.25) is 0 Å². The maximum absolute atomic E-state index is 5.91. The Morgan fingerprint density at radius 1 is 1.00 bits per heavy atom. The van der Waals surface area contributed by atoms with Gasteiger partial charge in [-0.05, 0) is 62.2 Å². The van der Waals surface area contributed by atoms with Gasteiger partial charge < -0.3 is 4.74 Å². The van der Waals surface area contributed by atoms with Crippen molar-refractivity contribution in [3.8, 4) is 5.75 Å². The van der Waals surface area contributed by atoms with Crippen LogP contribution in [0.2, 0.25) is 0 Å². The summed E-state index contributed by atoms with van der Waals surface area (Å²) in [6.45, 7) is 6.40. The molecule has 1 aliphatic carbocycles. The average molecular weight is 337 g/mol. The van der Waals surface area contributed by atoms with Gasteiger partial charge in [0.1, 0.15) is 12.4 Å². The van der Waals surface area contributed by atoms with E-state index >= 15 is 0 Å². The molecule has 1 aromatic heterocycles. The zero-order chi connectivity index (χ0) is 16.9. The standard InChI is InChI=1S/C21H27N3O/c1-2-10-22-19(6-1)17-25-21-7-3-5-18(15-21)16-23-11-4-12-24(14-13-23)20-8-9-20/h1-3,5-7,10,15,20H,4,8-9,11-14,16-17H2. The molecule has 1 aromatic carbocycles. The predicted octanol–water partition coefficient (Wildman–Crippen LogP) is 3.33. The van der Waals surface area contributed by atoms with E-state index < -0.39 is 0 Å². The van der Waals surface area contributed by atoms with E-state index in [-0.39, 0.29) is 0 Å². The Bertz CT molecular complexity index is 672. The highest BCUT2D eigenvalue weighted by Crippen LogP contribution is 2.27. The maximum atomic E-state index is 5.91. The smallest absolute Gasteiger partial charge is 0.130 e. The molecule has 25 heavy (non-hydrogen) atoms. The van der Waals surface area contributed by atoms with E-state index in [0.717, 1.165) is 24.0 Å². The first kappa shape index (κ1) is 16.6. The second-order valence-electron chi connectivity index (χ2n) is 7.15. The second kappa shape index (κ2) is 7.98. The highest BCUT2D eigenvalue weighted by molar-refractivity contribution is 5.28. The zero-order valence-corrected chi connectivity index (χ0v) is 14.8. The summed E-state index contributed by atoms with van der Waals surface area (Å²) in [5.41, 5.74) is 2.29. The van der Waals surface area contributed by atoms with E-state index in [1.807, 2.05) is 24.3 Å². The van der Waals surface area contributed by atoms with Crippen molar-refractivity contribution in [2.75, 3.05) is 26.2 Å². The number of ether oxygens (including phenoxy) is 1. The van der Waals surface area contributed by atoms with Crippen LogP contribution in [0.25, 0.3) is 0 Å². The Labute approximate surface area is 150 Å². The third-order valence-corrected chi connectivity index (χ3v) is 5.10. The van der Waals surface area contributed by atoms with Gasteiger partial charge in [-0.2, -0.15) is 0 Å². The molecule has 2 aliphatic rings. The first-order valence-electron chi connectivity index (χ1n) is 9.45. The number of rotatable bonds is 6. The summed E-state index contributed by atoms with van der Waals surface area (Å²) in [7, 11) is 0. The van der Waals surface area contributed by atoms with Crippen molar-refractivity contribution in [3.05, 3.63) is 59.9 Å². The molecule has 2 aromatic rings. The first-order chi connectivity index (χ1) is 12.4. The van der Waals surface area contributed by atoms with Crippen molar-refractivity contribution in [1.82, 2.24) is 14.8 Å². The summed E-state index contributed by atoms with van der Waals surface area (Å²) in [6, 6.07) is 15.3. The highest BCUT2D eigenvalue weighted by atomic mass is 16.5. The van der Waals surface area contributed by atoms with Crippen LogP contribution in [0.15, 0.2) is 48.7 Å². The number of pyridine rings is 1. The minimum absolute atomic E-state index is 0.518. The van der Waals surface area contributed by atoms with Gasteiger partial charge in [-0.1, -0.05) is 18.2 Å². The summed E-state index contributed by atoms with van der Waals surface area (Å²) < 4.78 is 5.91. The fraction of sp³-hybridized carbons (Fsp3) is 0.476.